The largest absolute Gasteiger partial charge is 0.480 e. The van der Waals surface area contributed by atoms with Crippen LogP contribution >= 0.6 is 0 Å². The molecule has 91 heavy (non-hydrogen) atoms. The molecule has 2 fully saturated rings. The monoisotopic (exact) mass is 1270 g/mol. The lowest BCUT2D eigenvalue weighted by molar-refractivity contribution is -0.147. The summed E-state index contributed by atoms with van der Waals surface area (Å²) in [7, 11) is 6.46. The second-order valence-corrected chi connectivity index (χ2v) is 25.0. The van der Waals surface area contributed by atoms with Gasteiger partial charge in [0.1, 0.15) is 24.2 Å². The summed E-state index contributed by atoms with van der Waals surface area (Å²) in [6.07, 6.45) is 4.01. The number of urea groups is 1. The van der Waals surface area contributed by atoms with Crippen LogP contribution in [-0.2, 0) is 70.3 Å². The highest BCUT2D eigenvalue weighted by molar-refractivity contribution is 6.03. The zero-order valence-corrected chi connectivity index (χ0v) is 55.6. The standard InChI is InChI=1S/C66H103N11O14/c1-13-41(4)57(52(90-11)39-55(80)76-35-22-26-51(76)58(91-12)43(6)59(81)73-50(65(87)88)38-47-23-16-14-17-24-47)75(10)64(86)45(8)70-62(84)56(40(2)3)74(9)36-32-46-28-30-48(31-29-46)71-61(83)49(25-19-20-33-68-66(67)89)72-60(82)44(7)69-53(78)27-18-15-21-34-77-54(79)37-42(5)63(77)85/h14,16-17,23-24,28-31,40-45,49-52,56-58H,13,15,18-22,25-27,32-39H2,1-12H3,(H,69,78)(H,70,84)(H,71,83)(H,72,82)(H,73,81)(H,87,88)(H3,67,68,89)/t41-,42?,43+,44-,45-,49-,50-,51-,52+,56-,57-,58+/m0/s1. The Labute approximate surface area is 537 Å². The molecule has 0 saturated carbocycles. The first-order valence-electron chi connectivity index (χ1n) is 32.2. The first-order valence-corrected chi connectivity index (χ1v) is 32.2. The lowest BCUT2D eigenvalue weighted by atomic mass is 9.90. The number of nitrogens with one attached hydrogen (secondary N) is 6. The molecule has 2 saturated heterocycles. The number of anilines is 1. The summed E-state index contributed by atoms with van der Waals surface area (Å²) in [5.74, 6) is -5.85. The van der Waals surface area contributed by atoms with Crippen molar-refractivity contribution in [2.24, 2.45) is 29.4 Å². The van der Waals surface area contributed by atoms with E-state index in [-0.39, 0.29) is 91.8 Å². The van der Waals surface area contributed by atoms with Gasteiger partial charge in [-0.2, -0.15) is 0 Å². The zero-order valence-electron chi connectivity index (χ0n) is 55.6. The van der Waals surface area contributed by atoms with E-state index in [0.29, 0.717) is 83.1 Å². The van der Waals surface area contributed by atoms with E-state index in [9.17, 15) is 57.8 Å². The highest BCUT2D eigenvalue weighted by atomic mass is 16.5. The SMILES string of the molecule is CC[C@H](C)[C@@H]([C@@H](CC(=O)N1CCC[C@H]1[C@H](OC)[C@@H](C)C(=O)N[C@@H](Cc1ccccc1)C(=O)O)OC)N(C)C(=O)[C@H](C)NC(=O)[C@H](C(C)C)N(C)CCc1ccc(NC(=O)[C@H](CCCCNC(N)=O)NC(=O)[C@H](C)NC(=O)CCCCCN2C(=O)CC(C)C2=O)cc1. The van der Waals surface area contributed by atoms with Crippen molar-refractivity contribution in [2.75, 3.05) is 59.8 Å². The highest BCUT2D eigenvalue weighted by Crippen LogP contribution is 2.30. The second kappa shape index (κ2) is 37.7. The van der Waals surface area contributed by atoms with Crippen molar-refractivity contribution in [1.82, 2.24) is 46.2 Å². The lowest BCUT2D eigenvalue weighted by Gasteiger charge is -2.40. The van der Waals surface area contributed by atoms with Gasteiger partial charge in [-0.25, -0.2) is 9.59 Å². The maximum absolute atomic E-state index is 14.4. The van der Waals surface area contributed by atoms with E-state index >= 15 is 0 Å². The van der Waals surface area contributed by atoms with Gasteiger partial charge in [-0.3, -0.25) is 53.0 Å². The summed E-state index contributed by atoms with van der Waals surface area (Å²) in [5.41, 5.74) is 7.33. The van der Waals surface area contributed by atoms with E-state index in [2.05, 4.69) is 31.9 Å². The zero-order chi connectivity index (χ0) is 67.6. The van der Waals surface area contributed by atoms with Crippen LogP contribution in [-0.4, -0.2) is 199 Å². The number of carbonyl (C=O) groups excluding carboxylic acids is 10. The molecule has 1 unspecified atom stereocenters. The average Bonchev–Trinajstić information content (AvgIpc) is 1.87. The molecule has 2 aromatic rings. The van der Waals surface area contributed by atoms with Crippen LogP contribution < -0.4 is 37.6 Å². The van der Waals surface area contributed by atoms with Gasteiger partial charge in [-0.05, 0) is 107 Å². The second-order valence-electron chi connectivity index (χ2n) is 25.0. The van der Waals surface area contributed by atoms with Crippen LogP contribution in [0.25, 0.3) is 0 Å². The highest BCUT2D eigenvalue weighted by Gasteiger charge is 2.43. The smallest absolute Gasteiger partial charge is 0.326 e. The number of ether oxygens (including phenoxy) is 2. The number of carboxylic acid groups (broad SMARTS) is 1. The molecule has 2 aromatic carbocycles. The summed E-state index contributed by atoms with van der Waals surface area (Å²) < 4.78 is 12.0. The molecular weight excluding hydrogens is 1170 g/mol. The molecular formula is C66H103N11O14. The number of carboxylic acids is 1. The number of methoxy groups -OCH3 is 2. The number of benzene rings is 2. The summed E-state index contributed by atoms with van der Waals surface area (Å²) in [4.78, 5) is 151. The van der Waals surface area contributed by atoms with Crippen molar-refractivity contribution in [1.29, 1.82) is 0 Å². The number of nitrogens with two attached hydrogens (primary N) is 1. The molecule has 4 rings (SSSR count). The topological polar surface area (TPSA) is 338 Å². The fourth-order valence-corrected chi connectivity index (χ4v) is 12.2. The quantitative estimate of drug-likeness (QED) is 0.0344. The molecule has 506 valence electrons. The van der Waals surface area contributed by atoms with Crippen molar-refractivity contribution < 1.29 is 67.3 Å². The number of primary amides is 1. The first kappa shape index (κ1) is 75.9. The van der Waals surface area contributed by atoms with E-state index in [4.69, 9.17) is 15.2 Å². The summed E-state index contributed by atoms with van der Waals surface area (Å²) in [5, 5.41) is 26.5. The van der Waals surface area contributed by atoms with Gasteiger partial charge in [0.05, 0.1) is 42.7 Å². The molecule has 0 radical (unpaired) electrons. The van der Waals surface area contributed by atoms with Gasteiger partial charge in [0, 0.05) is 78.3 Å². The molecule has 2 heterocycles. The van der Waals surface area contributed by atoms with Crippen molar-refractivity contribution in [3.63, 3.8) is 0 Å². The molecule has 2 aliphatic rings. The maximum Gasteiger partial charge on any atom is 0.326 e. The van der Waals surface area contributed by atoms with Gasteiger partial charge in [0.2, 0.25) is 53.2 Å². The van der Waals surface area contributed by atoms with Crippen LogP contribution in [0.5, 0.6) is 0 Å². The predicted octanol–water partition coefficient (Wildman–Crippen LogP) is 4.14. The summed E-state index contributed by atoms with van der Waals surface area (Å²) in [6, 6.07) is 9.71. The minimum absolute atomic E-state index is 0.0857. The molecule has 2 aliphatic heterocycles. The Morgan fingerprint density at radius 1 is 0.758 bits per heavy atom. The minimum Gasteiger partial charge on any atom is -0.480 e. The Morgan fingerprint density at radius 3 is 2.02 bits per heavy atom. The summed E-state index contributed by atoms with van der Waals surface area (Å²) >= 11 is 0. The molecule has 0 spiro atoms. The molecule has 0 aromatic heterocycles. The predicted molar refractivity (Wildman–Crippen MR) is 343 cm³/mol. The van der Waals surface area contributed by atoms with E-state index in [0.717, 1.165) is 11.1 Å². The number of carbonyl (C=O) groups is 11. The van der Waals surface area contributed by atoms with Crippen LogP contribution in [0.1, 0.15) is 144 Å². The maximum atomic E-state index is 14.4. The van der Waals surface area contributed by atoms with Crippen LogP contribution in [0.3, 0.4) is 0 Å². The van der Waals surface area contributed by atoms with Gasteiger partial charge < -0.3 is 62.0 Å². The van der Waals surface area contributed by atoms with Crippen LogP contribution in [0.4, 0.5) is 10.5 Å². The third-order valence-corrected chi connectivity index (χ3v) is 17.6. The minimum atomic E-state index is -1.17. The van der Waals surface area contributed by atoms with Crippen LogP contribution in [0.2, 0.25) is 0 Å². The molecule has 9 N–H and O–H groups in total. The molecule has 12 atom stereocenters. The van der Waals surface area contributed by atoms with Gasteiger partial charge in [0.25, 0.3) is 0 Å². The number of aliphatic carboxylic acids is 1. The van der Waals surface area contributed by atoms with E-state index in [1.54, 1.807) is 74.0 Å². The molecule has 25 heteroatoms. The van der Waals surface area contributed by atoms with Crippen LogP contribution in [0.15, 0.2) is 54.6 Å². The number of nitrogens with zero attached hydrogens (tertiary/aromatic N) is 4. The van der Waals surface area contributed by atoms with Gasteiger partial charge in [-0.15, -0.1) is 0 Å². The van der Waals surface area contributed by atoms with Gasteiger partial charge in [-0.1, -0.05) is 96.8 Å². The fourth-order valence-electron chi connectivity index (χ4n) is 12.2. The number of amides is 11. The number of hydrogen-bond acceptors (Lipinski definition) is 14. The fraction of sp³-hybridized carbons (Fsp3) is 0.652. The lowest BCUT2D eigenvalue weighted by Crippen LogP contribution is -2.58. The number of hydrogen-bond donors (Lipinski definition) is 8. The van der Waals surface area contributed by atoms with Crippen molar-refractivity contribution >= 4 is 70.9 Å². The molecule has 25 nitrogen and oxygen atoms in total. The van der Waals surface area contributed by atoms with Crippen molar-refractivity contribution in [3.05, 3.63) is 65.7 Å². The van der Waals surface area contributed by atoms with Crippen LogP contribution in [0, 0.1) is 23.7 Å². The Kier molecular flexibility index (Phi) is 31.5. The molecule has 11 amide bonds. The summed E-state index contributed by atoms with van der Waals surface area (Å²) in [6.45, 7) is 15.8. The third-order valence-electron chi connectivity index (χ3n) is 17.6. The first-order chi connectivity index (χ1) is 43.1. The number of imide groups is 1. The Bertz CT molecular complexity index is 2750. The number of likely N-dealkylation sites (tertiary alicyclic amines) is 2. The van der Waals surface area contributed by atoms with E-state index in [1.165, 1.54) is 26.0 Å². The third kappa shape index (κ3) is 23.3. The van der Waals surface area contributed by atoms with Gasteiger partial charge >= 0.3 is 12.0 Å². The normalized spacial score (nSPS) is 18.2. The number of unbranched alkanes of at least 4 members (excludes halogenated alkanes) is 3. The number of likely N-dealkylation sites (N-methyl/N-ethyl adjacent to an activating group) is 2. The average molecular weight is 1270 g/mol. The Morgan fingerprint density at radius 2 is 1.43 bits per heavy atom. The molecule has 0 aliphatic carbocycles. The molecule has 0 bridgehead atoms. The Balaban J connectivity index is 1.33. The van der Waals surface area contributed by atoms with Gasteiger partial charge in [0.15, 0.2) is 0 Å². The van der Waals surface area contributed by atoms with E-state index < -0.39 is 90.1 Å². The van der Waals surface area contributed by atoms with Crippen molar-refractivity contribution in [3.8, 4) is 0 Å². The van der Waals surface area contributed by atoms with Crippen molar-refractivity contribution in [2.45, 2.75) is 200 Å². The van der Waals surface area contributed by atoms with E-state index in [1.807, 2.05) is 57.8 Å². The Hall–Kier alpha value is -7.51. The number of rotatable bonds is 39.